The molecule has 2 fully saturated rings. The minimum atomic E-state index is -3.22. The van der Waals surface area contributed by atoms with Crippen molar-refractivity contribution in [3.8, 4) is 0 Å². The smallest absolute Gasteiger partial charge is 0.282 e. The van der Waals surface area contributed by atoms with Crippen LogP contribution in [0.2, 0.25) is 0 Å². The summed E-state index contributed by atoms with van der Waals surface area (Å²) < 4.78 is 28.5. The molecule has 0 spiro atoms. The van der Waals surface area contributed by atoms with Gasteiger partial charge in [-0.15, -0.1) is 0 Å². The Labute approximate surface area is 111 Å². The zero-order valence-electron chi connectivity index (χ0n) is 11.3. The van der Waals surface area contributed by atoms with Crippen molar-refractivity contribution in [3.05, 3.63) is 0 Å². The summed E-state index contributed by atoms with van der Waals surface area (Å²) in [5.74, 6) is 0.540. The van der Waals surface area contributed by atoms with Crippen molar-refractivity contribution >= 4 is 10.2 Å². The first kappa shape index (κ1) is 14.2. The SMILES string of the molecule is CCC1CCCN(S(=O)(=O)N2CCCNCC2)C1. The predicted octanol–water partition coefficient (Wildman–Crippen LogP) is 0.649. The largest absolute Gasteiger partial charge is 0.315 e. The molecule has 0 bridgehead atoms. The Balaban J connectivity index is 2.04. The highest BCUT2D eigenvalue weighted by Crippen LogP contribution is 2.23. The summed E-state index contributed by atoms with van der Waals surface area (Å²) in [4.78, 5) is 0. The van der Waals surface area contributed by atoms with Gasteiger partial charge < -0.3 is 5.32 Å². The van der Waals surface area contributed by atoms with Gasteiger partial charge in [0.25, 0.3) is 10.2 Å². The highest BCUT2D eigenvalue weighted by molar-refractivity contribution is 7.86. The monoisotopic (exact) mass is 275 g/mol. The van der Waals surface area contributed by atoms with Crippen LogP contribution < -0.4 is 5.32 Å². The number of rotatable bonds is 3. The summed E-state index contributed by atoms with van der Waals surface area (Å²) in [7, 11) is -3.22. The lowest BCUT2D eigenvalue weighted by Crippen LogP contribution is -2.48. The van der Waals surface area contributed by atoms with E-state index in [-0.39, 0.29) is 0 Å². The highest BCUT2D eigenvalue weighted by atomic mass is 32.2. The average Bonchev–Trinajstić information content (AvgIpc) is 2.68. The molecule has 2 aliphatic rings. The molecule has 2 aliphatic heterocycles. The average molecular weight is 275 g/mol. The molecule has 2 rings (SSSR count). The van der Waals surface area contributed by atoms with Gasteiger partial charge in [0, 0.05) is 32.7 Å². The fourth-order valence-corrected chi connectivity index (χ4v) is 4.55. The van der Waals surface area contributed by atoms with E-state index in [2.05, 4.69) is 12.2 Å². The van der Waals surface area contributed by atoms with Gasteiger partial charge in [0.15, 0.2) is 0 Å². The van der Waals surface area contributed by atoms with E-state index in [4.69, 9.17) is 0 Å². The number of nitrogens with one attached hydrogen (secondary N) is 1. The second kappa shape index (κ2) is 6.32. The van der Waals surface area contributed by atoms with Gasteiger partial charge in [0.1, 0.15) is 0 Å². The Kier molecular flexibility index (Phi) is 5.00. The first-order valence-corrected chi connectivity index (χ1v) is 8.50. The van der Waals surface area contributed by atoms with Gasteiger partial charge in [-0.05, 0) is 31.7 Å². The third-order valence-electron chi connectivity index (χ3n) is 4.01. The summed E-state index contributed by atoms with van der Waals surface area (Å²) in [6.07, 6.45) is 4.16. The lowest BCUT2D eigenvalue weighted by atomic mass is 9.97. The van der Waals surface area contributed by atoms with Crippen LogP contribution in [0.5, 0.6) is 0 Å². The molecule has 0 radical (unpaired) electrons. The van der Waals surface area contributed by atoms with Gasteiger partial charge in [0.05, 0.1) is 0 Å². The third kappa shape index (κ3) is 3.23. The quantitative estimate of drug-likeness (QED) is 0.823. The third-order valence-corrected chi connectivity index (χ3v) is 6.01. The number of hydrogen-bond donors (Lipinski definition) is 1. The minimum absolute atomic E-state index is 0.540. The number of hydrogen-bond acceptors (Lipinski definition) is 3. The Morgan fingerprint density at radius 3 is 2.67 bits per heavy atom. The number of piperidine rings is 1. The highest BCUT2D eigenvalue weighted by Gasteiger charge is 2.33. The molecule has 0 aromatic rings. The van der Waals surface area contributed by atoms with Crippen molar-refractivity contribution < 1.29 is 8.42 Å². The van der Waals surface area contributed by atoms with Gasteiger partial charge >= 0.3 is 0 Å². The lowest BCUT2D eigenvalue weighted by molar-refractivity contribution is 0.244. The molecule has 6 heteroatoms. The molecule has 1 atom stereocenters. The van der Waals surface area contributed by atoms with Crippen molar-refractivity contribution in [2.45, 2.75) is 32.6 Å². The maximum absolute atomic E-state index is 12.6. The van der Waals surface area contributed by atoms with Crippen LogP contribution in [0.15, 0.2) is 0 Å². The van der Waals surface area contributed by atoms with Gasteiger partial charge in [-0.25, -0.2) is 0 Å². The molecular weight excluding hydrogens is 250 g/mol. The van der Waals surface area contributed by atoms with E-state index < -0.39 is 10.2 Å². The zero-order valence-corrected chi connectivity index (χ0v) is 12.1. The molecule has 0 aliphatic carbocycles. The molecule has 18 heavy (non-hydrogen) atoms. The van der Waals surface area contributed by atoms with Gasteiger partial charge in [-0.1, -0.05) is 13.3 Å². The second-order valence-corrected chi connectivity index (χ2v) is 7.21. The van der Waals surface area contributed by atoms with Crippen molar-refractivity contribution in [1.29, 1.82) is 0 Å². The van der Waals surface area contributed by atoms with E-state index in [0.29, 0.717) is 32.1 Å². The zero-order chi connectivity index (χ0) is 13.0. The topological polar surface area (TPSA) is 52.7 Å². The van der Waals surface area contributed by atoms with E-state index in [1.165, 1.54) is 6.42 Å². The summed E-state index contributed by atoms with van der Waals surface area (Å²) in [6.45, 7) is 6.51. The van der Waals surface area contributed by atoms with Crippen LogP contribution in [0, 0.1) is 5.92 Å². The van der Waals surface area contributed by atoms with Crippen LogP contribution in [-0.4, -0.2) is 56.3 Å². The van der Waals surface area contributed by atoms with E-state index in [0.717, 1.165) is 32.4 Å². The molecular formula is C12H25N3O2S. The van der Waals surface area contributed by atoms with Crippen molar-refractivity contribution in [2.24, 2.45) is 5.92 Å². The fraction of sp³-hybridized carbons (Fsp3) is 1.00. The molecule has 5 nitrogen and oxygen atoms in total. The Morgan fingerprint density at radius 1 is 1.11 bits per heavy atom. The van der Waals surface area contributed by atoms with E-state index in [9.17, 15) is 8.42 Å². The normalized spacial score (nSPS) is 29.1. The summed E-state index contributed by atoms with van der Waals surface area (Å²) >= 11 is 0. The van der Waals surface area contributed by atoms with Crippen LogP contribution in [0.4, 0.5) is 0 Å². The van der Waals surface area contributed by atoms with Crippen LogP contribution in [0.1, 0.15) is 32.6 Å². The molecule has 1 unspecified atom stereocenters. The summed E-state index contributed by atoms with van der Waals surface area (Å²) in [6, 6.07) is 0. The van der Waals surface area contributed by atoms with E-state index in [1.54, 1.807) is 8.61 Å². The van der Waals surface area contributed by atoms with Crippen LogP contribution in [0.25, 0.3) is 0 Å². The Hall–Kier alpha value is -0.170. The second-order valence-electron chi connectivity index (χ2n) is 5.28. The van der Waals surface area contributed by atoms with Gasteiger partial charge in [-0.3, -0.25) is 0 Å². The molecule has 2 heterocycles. The molecule has 0 amide bonds. The standard InChI is InChI=1S/C12H25N3O2S/c1-2-12-5-3-8-15(11-12)18(16,17)14-9-4-6-13-7-10-14/h12-13H,2-11H2,1H3. The maximum Gasteiger partial charge on any atom is 0.282 e. The van der Waals surface area contributed by atoms with Crippen molar-refractivity contribution in [1.82, 2.24) is 13.9 Å². The van der Waals surface area contributed by atoms with Gasteiger partial charge in [-0.2, -0.15) is 17.0 Å². The molecule has 106 valence electrons. The molecule has 0 saturated carbocycles. The first-order chi connectivity index (χ1) is 8.64. The lowest BCUT2D eigenvalue weighted by Gasteiger charge is -2.34. The first-order valence-electron chi connectivity index (χ1n) is 7.10. The maximum atomic E-state index is 12.6. The molecule has 0 aromatic heterocycles. The van der Waals surface area contributed by atoms with Gasteiger partial charge in [0.2, 0.25) is 0 Å². The van der Waals surface area contributed by atoms with E-state index >= 15 is 0 Å². The molecule has 2 saturated heterocycles. The summed E-state index contributed by atoms with van der Waals surface area (Å²) in [5.41, 5.74) is 0. The van der Waals surface area contributed by atoms with Crippen molar-refractivity contribution in [3.63, 3.8) is 0 Å². The number of nitrogens with zero attached hydrogens (tertiary/aromatic N) is 2. The fourth-order valence-electron chi connectivity index (χ4n) is 2.78. The van der Waals surface area contributed by atoms with Crippen LogP contribution >= 0.6 is 0 Å². The van der Waals surface area contributed by atoms with Crippen molar-refractivity contribution in [2.75, 3.05) is 39.3 Å². The Morgan fingerprint density at radius 2 is 1.89 bits per heavy atom. The molecule has 1 N–H and O–H groups in total. The minimum Gasteiger partial charge on any atom is -0.315 e. The van der Waals surface area contributed by atoms with E-state index in [1.807, 2.05) is 0 Å². The summed E-state index contributed by atoms with van der Waals surface area (Å²) in [5, 5.41) is 3.25. The molecule has 0 aromatic carbocycles. The van der Waals surface area contributed by atoms with Crippen LogP contribution in [-0.2, 0) is 10.2 Å². The van der Waals surface area contributed by atoms with Crippen LogP contribution in [0.3, 0.4) is 0 Å². The predicted molar refractivity (Wildman–Crippen MR) is 72.6 cm³/mol. The Bertz CT molecular complexity index is 350.